The van der Waals surface area contributed by atoms with Gasteiger partial charge >= 0.3 is 6.18 Å². The second-order valence-electron chi connectivity index (χ2n) is 6.82. The molecule has 0 aromatic carbocycles. The Balaban J connectivity index is 1.77. The van der Waals surface area contributed by atoms with Gasteiger partial charge in [-0.05, 0) is 31.5 Å². The van der Waals surface area contributed by atoms with Crippen molar-refractivity contribution in [2.24, 2.45) is 0 Å². The molecule has 150 valence electrons. The minimum atomic E-state index is -4.62. The molecule has 0 N–H and O–H groups in total. The number of pyridine rings is 2. The van der Waals surface area contributed by atoms with Gasteiger partial charge in [-0.1, -0.05) is 11.6 Å². The van der Waals surface area contributed by atoms with Crippen molar-refractivity contribution in [3.63, 3.8) is 0 Å². The van der Waals surface area contributed by atoms with Crippen molar-refractivity contribution in [3.8, 4) is 11.1 Å². The average Bonchev–Trinajstić information content (AvgIpc) is 3.09. The molecule has 0 aliphatic carbocycles. The van der Waals surface area contributed by atoms with Crippen LogP contribution in [0.25, 0.3) is 11.1 Å². The molecule has 3 aromatic rings. The second kappa shape index (κ2) is 6.84. The van der Waals surface area contributed by atoms with Crippen molar-refractivity contribution in [1.29, 1.82) is 0 Å². The Morgan fingerprint density at radius 2 is 1.97 bits per heavy atom. The molecule has 3 aromatic heterocycles. The van der Waals surface area contributed by atoms with Gasteiger partial charge in [0.05, 0.1) is 22.8 Å². The Kier molecular flexibility index (Phi) is 4.57. The van der Waals surface area contributed by atoms with Gasteiger partial charge < -0.3 is 0 Å². The predicted molar refractivity (Wildman–Crippen MR) is 101 cm³/mol. The largest absolute Gasteiger partial charge is 0.419 e. The predicted octanol–water partition coefficient (Wildman–Crippen LogP) is 4.54. The minimum Gasteiger partial charge on any atom is -0.289 e. The lowest BCUT2D eigenvalue weighted by Crippen LogP contribution is -2.43. The molecule has 0 fully saturated rings. The Bertz CT molecular complexity index is 1110. The first kappa shape index (κ1) is 19.4. The quantitative estimate of drug-likeness (QED) is 0.609. The molecule has 1 amide bonds. The van der Waals surface area contributed by atoms with Gasteiger partial charge in [0.15, 0.2) is 0 Å². The van der Waals surface area contributed by atoms with Crippen molar-refractivity contribution >= 4 is 23.3 Å². The van der Waals surface area contributed by atoms with Gasteiger partial charge in [-0.15, -0.1) is 0 Å². The van der Waals surface area contributed by atoms with Gasteiger partial charge in [-0.25, -0.2) is 4.98 Å². The molecule has 1 aliphatic heterocycles. The first-order valence-corrected chi connectivity index (χ1v) is 9.09. The summed E-state index contributed by atoms with van der Waals surface area (Å²) in [6.07, 6.45) is -0.725. The highest BCUT2D eigenvalue weighted by Crippen LogP contribution is 2.37. The number of rotatable bonds is 2. The van der Waals surface area contributed by atoms with Crippen LogP contribution in [-0.2, 0) is 6.18 Å². The Hall–Kier alpha value is -2.94. The molecule has 0 spiro atoms. The zero-order valence-corrected chi connectivity index (χ0v) is 16.2. The summed E-state index contributed by atoms with van der Waals surface area (Å²) >= 11 is 5.82. The Morgan fingerprint density at radius 1 is 1.21 bits per heavy atom. The van der Waals surface area contributed by atoms with Crippen molar-refractivity contribution in [2.75, 3.05) is 11.4 Å². The zero-order valence-electron chi connectivity index (χ0n) is 15.4. The maximum Gasteiger partial charge on any atom is 0.419 e. The van der Waals surface area contributed by atoms with Crippen molar-refractivity contribution in [3.05, 3.63) is 58.8 Å². The van der Waals surface area contributed by atoms with Gasteiger partial charge in [0.1, 0.15) is 11.5 Å². The number of anilines is 1. The molecule has 29 heavy (non-hydrogen) atoms. The molecule has 1 unspecified atom stereocenters. The van der Waals surface area contributed by atoms with Gasteiger partial charge in [0, 0.05) is 36.3 Å². The monoisotopic (exact) mass is 421 g/mol. The molecule has 1 aliphatic rings. The number of aromatic nitrogens is 4. The summed E-state index contributed by atoms with van der Waals surface area (Å²) in [4.78, 5) is 22.6. The maximum atomic E-state index is 13.2. The molecule has 0 radical (unpaired) electrons. The Morgan fingerprint density at radius 3 is 2.62 bits per heavy atom. The number of hydrogen-bond acceptors (Lipinski definition) is 4. The van der Waals surface area contributed by atoms with E-state index in [0.717, 1.165) is 17.3 Å². The summed E-state index contributed by atoms with van der Waals surface area (Å²) in [5.41, 5.74) is 1.48. The summed E-state index contributed by atoms with van der Waals surface area (Å²) in [6.45, 7) is 3.91. The highest BCUT2D eigenvalue weighted by Gasteiger charge is 2.37. The fourth-order valence-electron chi connectivity index (χ4n) is 3.36. The number of amides is 1. The maximum absolute atomic E-state index is 13.2. The molecule has 4 rings (SSSR count). The first-order valence-electron chi connectivity index (χ1n) is 8.72. The summed E-state index contributed by atoms with van der Waals surface area (Å²) in [5.74, 6) is -0.349. The molecule has 0 saturated heterocycles. The lowest BCUT2D eigenvalue weighted by molar-refractivity contribution is -0.137. The fraction of sp³-hybridized carbons (Fsp3) is 0.263. The smallest absolute Gasteiger partial charge is 0.289 e. The van der Waals surface area contributed by atoms with Gasteiger partial charge in [0.2, 0.25) is 0 Å². The van der Waals surface area contributed by atoms with Crippen LogP contribution in [-0.4, -0.2) is 32.2 Å². The Labute approximate surface area is 168 Å². The van der Waals surface area contributed by atoms with E-state index in [2.05, 4.69) is 15.1 Å². The van der Waals surface area contributed by atoms with E-state index in [1.54, 1.807) is 23.1 Å². The van der Waals surface area contributed by atoms with Gasteiger partial charge in [-0.2, -0.15) is 18.3 Å². The van der Waals surface area contributed by atoms with E-state index in [-0.39, 0.29) is 18.4 Å². The molecule has 0 saturated carbocycles. The average molecular weight is 422 g/mol. The summed E-state index contributed by atoms with van der Waals surface area (Å²) in [7, 11) is 0. The molecule has 10 heteroatoms. The number of fused-ring (bicyclic) bond motifs is 1. The van der Waals surface area contributed by atoms with Gasteiger partial charge in [-0.3, -0.25) is 19.4 Å². The first-order chi connectivity index (χ1) is 13.7. The number of nitrogens with zero attached hydrogens (tertiary/aromatic N) is 5. The number of carbonyl (C=O) groups is 1. The molecular weight excluding hydrogens is 407 g/mol. The van der Waals surface area contributed by atoms with Crippen LogP contribution < -0.4 is 4.90 Å². The van der Waals surface area contributed by atoms with Crippen molar-refractivity contribution < 1.29 is 18.0 Å². The highest BCUT2D eigenvalue weighted by molar-refractivity contribution is 6.31. The van der Waals surface area contributed by atoms with Crippen LogP contribution in [0.3, 0.4) is 0 Å². The zero-order chi connectivity index (χ0) is 20.9. The lowest BCUT2D eigenvalue weighted by atomic mass is 10.0. The van der Waals surface area contributed by atoms with Crippen LogP contribution in [0.2, 0.25) is 5.02 Å². The van der Waals surface area contributed by atoms with E-state index >= 15 is 0 Å². The number of hydrogen-bond donors (Lipinski definition) is 0. The third kappa shape index (κ3) is 3.35. The number of carbonyl (C=O) groups excluding carboxylic acids is 1. The summed E-state index contributed by atoms with van der Waals surface area (Å²) < 4.78 is 40.5. The number of aryl methyl sites for hydroxylation is 1. The van der Waals surface area contributed by atoms with Crippen LogP contribution in [0.15, 0.2) is 36.8 Å². The molecule has 1 atom stereocenters. The molecule has 0 bridgehead atoms. The lowest BCUT2D eigenvalue weighted by Gasteiger charge is -2.31. The van der Waals surface area contributed by atoms with Crippen LogP contribution >= 0.6 is 11.6 Å². The van der Waals surface area contributed by atoms with Crippen LogP contribution in [0.5, 0.6) is 0 Å². The third-order valence-corrected chi connectivity index (χ3v) is 5.05. The van der Waals surface area contributed by atoms with Crippen molar-refractivity contribution in [1.82, 2.24) is 19.7 Å². The van der Waals surface area contributed by atoms with E-state index in [1.807, 2.05) is 19.9 Å². The normalized spacial score (nSPS) is 16.8. The molecule has 4 heterocycles. The third-order valence-electron chi connectivity index (χ3n) is 4.74. The van der Waals surface area contributed by atoms with E-state index in [9.17, 15) is 18.0 Å². The topological polar surface area (TPSA) is 63.9 Å². The van der Waals surface area contributed by atoms with E-state index in [0.29, 0.717) is 17.5 Å². The molecular formula is C19H15ClF3N5O. The minimum absolute atomic E-state index is 0.0594. The standard InChI is InChI=1S/C19H15ClF3N5O/c1-10-5-12(3-4-24-10)13-7-26-28-11(2)9-27(18(29)17(13)28)16-6-15(20)14(8-25-16)19(21,22)23/h3-8,11H,9H2,1-2H3. The fourth-order valence-corrected chi connectivity index (χ4v) is 3.61. The van der Waals surface area contributed by atoms with E-state index < -0.39 is 22.7 Å². The SMILES string of the molecule is Cc1cc(-c2cnn3c2C(=O)N(c2cc(Cl)c(C(F)(F)F)cn2)CC3C)ccn1. The van der Waals surface area contributed by atoms with Crippen LogP contribution in [0.4, 0.5) is 19.0 Å². The summed E-state index contributed by atoms with van der Waals surface area (Å²) in [6, 6.07) is 4.47. The van der Waals surface area contributed by atoms with Crippen LogP contribution in [0.1, 0.15) is 34.7 Å². The second-order valence-corrected chi connectivity index (χ2v) is 7.23. The van der Waals surface area contributed by atoms with Gasteiger partial charge in [0.25, 0.3) is 5.91 Å². The van der Waals surface area contributed by atoms with Crippen LogP contribution in [0, 0.1) is 6.92 Å². The number of halogens is 4. The van der Waals surface area contributed by atoms with E-state index in [4.69, 9.17) is 11.6 Å². The summed E-state index contributed by atoms with van der Waals surface area (Å²) in [5, 5.41) is 3.83. The van der Waals surface area contributed by atoms with E-state index in [1.165, 1.54) is 4.90 Å². The molecule has 6 nitrogen and oxygen atoms in total. The highest BCUT2D eigenvalue weighted by atomic mass is 35.5. The number of alkyl halides is 3. The van der Waals surface area contributed by atoms with Crippen molar-refractivity contribution in [2.45, 2.75) is 26.1 Å².